The molecule has 148 valence electrons. The van der Waals surface area contributed by atoms with Crippen molar-refractivity contribution < 1.29 is 4.79 Å². The highest BCUT2D eigenvalue weighted by Gasteiger charge is 2.15. The highest BCUT2D eigenvalue weighted by molar-refractivity contribution is 5.90. The Morgan fingerprint density at radius 2 is 1.77 bits per heavy atom. The predicted molar refractivity (Wildman–Crippen MR) is 113 cm³/mol. The number of amides is 1. The molecule has 1 N–H and O–H groups in total. The number of rotatable bonds is 4. The second-order valence-electron chi connectivity index (χ2n) is 7.07. The molecule has 3 heterocycles. The molecule has 8 heteroatoms. The van der Waals surface area contributed by atoms with E-state index in [9.17, 15) is 9.59 Å². The van der Waals surface area contributed by atoms with E-state index in [4.69, 9.17) is 0 Å². The topological polar surface area (TPSA) is 85.7 Å². The van der Waals surface area contributed by atoms with Crippen LogP contribution >= 0.6 is 0 Å². The molecule has 0 saturated carbocycles. The van der Waals surface area contributed by atoms with Crippen LogP contribution in [0.1, 0.15) is 5.56 Å². The number of carbonyl (C=O) groups is 1. The Labute approximate surface area is 171 Å². The van der Waals surface area contributed by atoms with E-state index in [1.165, 1.54) is 4.40 Å². The molecule has 5 rings (SSSR count). The van der Waals surface area contributed by atoms with Crippen LogP contribution in [0.4, 0.5) is 5.69 Å². The first-order chi connectivity index (χ1) is 14.6. The molecule has 0 atom stereocenters. The third-order valence-electron chi connectivity index (χ3n) is 4.89. The van der Waals surface area contributed by atoms with E-state index in [-0.39, 0.29) is 18.1 Å². The van der Waals surface area contributed by atoms with Crippen molar-refractivity contribution in [3.05, 3.63) is 89.1 Å². The van der Waals surface area contributed by atoms with Gasteiger partial charge in [0.05, 0.1) is 5.69 Å². The summed E-state index contributed by atoms with van der Waals surface area (Å²) in [4.78, 5) is 25.1. The van der Waals surface area contributed by atoms with Crippen molar-refractivity contribution in [2.24, 2.45) is 0 Å². The van der Waals surface area contributed by atoms with Gasteiger partial charge in [-0.05, 0) is 25.1 Å². The average molecular weight is 398 g/mol. The maximum absolute atomic E-state index is 12.7. The number of fused-ring (bicyclic) bond motifs is 3. The molecule has 0 radical (unpaired) electrons. The van der Waals surface area contributed by atoms with Crippen molar-refractivity contribution in [2.75, 3.05) is 5.32 Å². The van der Waals surface area contributed by atoms with Gasteiger partial charge in [0, 0.05) is 23.6 Å². The van der Waals surface area contributed by atoms with Gasteiger partial charge in [-0.2, -0.15) is 5.10 Å². The molecule has 30 heavy (non-hydrogen) atoms. The molecule has 8 nitrogen and oxygen atoms in total. The summed E-state index contributed by atoms with van der Waals surface area (Å²) in [6, 6.07) is 19.1. The summed E-state index contributed by atoms with van der Waals surface area (Å²) in [6.45, 7) is 1.79. The number of aryl methyl sites for hydroxylation is 1. The summed E-state index contributed by atoms with van der Waals surface area (Å²) in [5.74, 6) is -0.320. The van der Waals surface area contributed by atoms with Gasteiger partial charge in [-0.3, -0.25) is 4.79 Å². The normalized spacial score (nSPS) is 11.2. The van der Waals surface area contributed by atoms with E-state index in [1.807, 2.05) is 67.6 Å². The van der Waals surface area contributed by atoms with Crippen molar-refractivity contribution in [3.63, 3.8) is 0 Å². The lowest BCUT2D eigenvalue weighted by Crippen LogP contribution is -2.28. The van der Waals surface area contributed by atoms with E-state index in [0.29, 0.717) is 16.9 Å². The number of nitrogens with zero attached hydrogens (tertiary/aromatic N) is 5. The van der Waals surface area contributed by atoms with Gasteiger partial charge in [0.1, 0.15) is 12.1 Å². The number of hydrogen-bond acceptors (Lipinski definition) is 4. The summed E-state index contributed by atoms with van der Waals surface area (Å²) < 4.78 is 4.26. The summed E-state index contributed by atoms with van der Waals surface area (Å²) in [6.07, 6.45) is 3.31. The van der Waals surface area contributed by atoms with Crippen molar-refractivity contribution in [1.82, 2.24) is 23.8 Å². The molecule has 0 fully saturated rings. The predicted octanol–water partition coefficient (Wildman–Crippen LogP) is 2.76. The summed E-state index contributed by atoms with van der Waals surface area (Å²) in [7, 11) is 0. The fourth-order valence-electron chi connectivity index (χ4n) is 3.36. The lowest BCUT2D eigenvalue weighted by atomic mass is 10.1. The van der Waals surface area contributed by atoms with Crippen LogP contribution < -0.4 is 11.0 Å². The SMILES string of the molecule is Cc1ccc(NC(=O)Cn2nc3c4cc(-c5ccccc5)nn4ccn3c2=O)cc1. The lowest BCUT2D eigenvalue weighted by molar-refractivity contribution is -0.117. The average Bonchev–Trinajstić information content (AvgIpc) is 3.32. The van der Waals surface area contributed by atoms with Gasteiger partial charge in [0.25, 0.3) is 0 Å². The second kappa shape index (κ2) is 7.00. The monoisotopic (exact) mass is 398 g/mol. The number of nitrogens with one attached hydrogen (secondary N) is 1. The molecule has 2 aromatic carbocycles. The van der Waals surface area contributed by atoms with Crippen LogP contribution in [-0.4, -0.2) is 29.7 Å². The van der Waals surface area contributed by atoms with Crippen LogP contribution in [0.2, 0.25) is 0 Å². The number of benzene rings is 2. The highest BCUT2D eigenvalue weighted by atomic mass is 16.2. The minimum absolute atomic E-state index is 0.180. The molecule has 5 aromatic rings. The lowest BCUT2D eigenvalue weighted by Gasteiger charge is -2.04. The van der Waals surface area contributed by atoms with Gasteiger partial charge in [-0.25, -0.2) is 18.4 Å². The second-order valence-corrected chi connectivity index (χ2v) is 7.07. The fraction of sp³-hybridized carbons (Fsp3) is 0.0909. The molecule has 0 bridgehead atoms. The third-order valence-corrected chi connectivity index (χ3v) is 4.89. The molecule has 0 unspecified atom stereocenters. The molecule has 1 amide bonds. The molecule has 0 aliphatic carbocycles. The highest BCUT2D eigenvalue weighted by Crippen LogP contribution is 2.20. The van der Waals surface area contributed by atoms with Gasteiger partial charge in [-0.1, -0.05) is 48.0 Å². The van der Waals surface area contributed by atoms with E-state index < -0.39 is 0 Å². The zero-order chi connectivity index (χ0) is 20.7. The maximum atomic E-state index is 12.7. The molecule has 0 aliphatic rings. The number of anilines is 1. The van der Waals surface area contributed by atoms with Crippen LogP contribution in [0.5, 0.6) is 0 Å². The van der Waals surface area contributed by atoms with Crippen LogP contribution in [0.15, 0.2) is 77.9 Å². The molecule has 3 aromatic heterocycles. The first kappa shape index (κ1) is 17.9. The van der Waals surface area contributed by atoms with Gasteiger partial charge in [-0.15, -0.1) is 5.10 Å². The number of hydrogen-bond donors (Lipinski definition) is 1. The van der Waals surface area contributed by atoms with Gasteiger partial charge < -0.3 is 5.32 Å². The first-order valence-corrected chi connectivity index (χ1v) is 9.48. The first-order valence-electron chi connectivity index (χ1n) is 9.48. The zero-order valence-corrected chi connectivity index (χ0v) is 16.2. The van der Waals surface area contributed by atoms with Crippen LogP contribution in [0.25, 0.3) is 22.4 Å². The van der Waals surface area contributed by atoms with Crippen molar-refractivity contribution in [2.45, 2.75) is 13.5 Å². The largest absolute Gasteiger partial charge is 0.350 e. The molecular weight excluding hydrogens is 380 g/mol. The molecule has 0 aliphatic heterocycles. The Hall–Kier alpha value is -4.20. The Kier molecular flexibility index (Phi) is 4.17. The zero-order valence-electron chi connectivity index (χ0n) is 16.2. The Balaban J connectivity index is 1.49. The third kappa shape index (κ3) is 3.14. The molecule has 0 spiro atoms. The van der Waals surface area contributed by atoms with Crippen LogP contribution in [-0.2, 0) is 11.3 Å². The van der Waals surface area contributed by atoms with Crippen molar-refractivity contribution >= 4 is 22.8 Å². The van der Waals surface area contributed by atoms with E-state index in [0.717, 1.165) is 21.5 Å². The van der Waals surface area contributed by atoms with Gasteiger partial charge >= 0.3 is 5.69 Å². The number of aromatic nitrogens is 5. The van der Waals surface area contributed by atoms with E-state index >= 15 is 0 Å². The van der Waals surface area contributed by atoms with Crippen molar-refractivity contribution in [3.8, 4) is 11.3 Å². The maximum Gasteiger partial charge on any atom is 0.350 e. The standard InChI is InChI=1S/C22H18N6O2/c1-15-7-9-17(10-8-15)23-20(29)14-28-22(30)26-11-12-27-19(21(26)25-28)13-18(24-27)16-5-3-2-4-6-16/h2-13H,14H2,1H3,(H,23,29). The van der Waals surface area contributed by atoms with Gasteiger partial charge in [0.2, 0.25) is 5.91 Å². The van der Waals surface area contributed by atoms with Crippen LogP contribution in [0, 0.1) is 6.92 Å². The van der Waals surface area contributed by atoms with E-state index in [1.54, 1.807) is 16.9 Å². The molecular formula is C22H18N6O2. The molecule has 0 saturated heterocycles. The fourth-order valence-corrected chi connectivity index (χ4v) is 3.36. The number of carbonyl (C=O) groups excluding carboxylic acids is 1. The van der Waals surface area contributed by atoms with E-state index in [2.05, 4.69) is 15.5 Å². The quantitative estimate of drug-likeness (QED) is 0.504. The van der Waals surface area contributed by atoms with Crippen LogP contribution in [0.3, 0.4) is 0 Å². The summed E-state index contributed by atoms with van der Waals surface area (Å²) in [5.41, 5.74) is 4.28. The Morgan fingerprint density at radius 3 is 2.53 bits per heavy atom. The Morgan fingerprint density at radius 1 is 1.00 bits per heavy atom. The minimum Gasteiger partial charge on any atom is -0.324 e. The summed E-state index contributed by atoms with van der Waals surface area (Å²) >= 11 is 0. The van der Waals surface area contributed by atoms with Gasteiger partial charge in [0.15, 0.2) is 5.65 Å². The smallest absolute Gasteiger partial charge is 0.324 e. The Bertz CT molecular complexity index is 1430. The summed E-state index contributed by atoms with van der Waals surface area (Å²) in [5, 5.41) is 11.7. The van der Waals surface area contributed by atoms with Crippen molar-refractivity contribution in [1.29, 1.82) is 0 Å². The minimum atomic E-state index is -0.381.